The molecule has 1 aliphatic heterocycles. The van der Waals surface area contributed by atoms with Crippen molar-refractivity contribution in [1.82, 2.24) is 14.5 Å². The number of alkyl halides is 1. The molecule has 0 radical (unpaired) electrons. The highest BCUT2D eigenvalue weighted by Gasteiger charge is 2.27. The summed E-state index contributed by atoms with van der Waals surface area (Å²) in [5, 5.41) is 8.48. The van der Waals surface area contributed by atoms with Crippen molar-refractivity contribution in [2.24, 2.45) is 0 Å². The predicted molar refractivity (Wildman–Crippen MR) is 157 cm³/mol. The highest BCUT2D eigenvalue weighted by atomic mass is 19.1. The predicted octanol–water partition coefficient (Wildman–Crippen LogP) is 8.35. The van der Waals surface area contributed by atoms with Gasteiger partial charge in [0, 0.05) is 23.6 Å². The average Bonchev–Trinajstić information content (AvgIpc) is 3.29. The van der Waals surface area contributed by atoms with Gasteiger partial charge in [0.25, 0.3) is 0 Å². The largest absolute Gasteiger partial charge is 0.300 e. The van der Waals surface area contributed by atoms with Gasteiger partial charge in [-0.1, -0.05) is 48.0 Å². The molecule has 1 fully saturated rings. The normalized spacial score (nSPS) is 15.0. The van der Waals surface area contributed by atoms with Crippen LogP contribution >= 0.6 is 0 Å². The smallest absolute Gasteiger partial charge is 0.174 e. The summed E-state index contributed by atoms with van der Waals surface area (Å²) in [4.78, 5) is 7.21. The molecule has 1 aliphatic rings. The number of fused-ring (bicyclic) bond motifs is 1. The van der Waals surface area contributed by atoms with Crippen molar-refractivity contribution in [1.29, 1.82) is 5.41 Å². The number of allylic oxidation sites excluding steroid dienone is 1. The highest BCUT2D eigenvalue weighted by Crippen LogP contribution is 2.33. The molecule has 0 saturated carbocycles. The van der Waals surface area contributed by atoms with Gasteiger partial charge >= 0.3 is 0 Å². The molecule has 204 valence electrons. The quantitative estimate of drug-likeness (QED) is 0.202. The average molecular weight is 529 g/mol. The van der Waals surface area contributed by atoms with Crippen molar-refractivity contribution in [2.45, 2.75) is 59.3 Å². The van der Waals surface area contributed by atoms with Crippen LogP contribution in [0.4, 0.5) is 8.78 Å². The Morgan fingerprint density at radius 1 is 1.03 bits per heavy atom. The third kappa shape index (κ3) is 6.69. The van der Waals surface area contributed by atoms with E-state index < -0.39 is 6.30 Å². The Balaban J connectivity index is 0.000000826. The van der Waals surface area contributed by atoms with Gasteiger partial charge in [-0.3, -0.25) is 14.9 Å². The lowest BCUT2D eigenvalue weighted by Gasteiger charge is -2.32. The Kier molecular flexibility index (Phi) is 9.08. The van der Waals surface area contributed by atoms with Crippen LogP contribution in [0.15, 0.2) is 78.9 Å². The number of hydrogen-bond donors (Lipinski definition) is 1. The first kappa shape index (κ1) is 28.4. The lowest BCUT2D eigenvalue weighted by Crippen LogP contribution is -2.33. The van der Waals surface area contributed by atoms with E-state index in [1.807, 2.05) is 57.2 Å². The molecule has 1 unspecified atom stereocenters. The molecule has 4 nitrogen and oxygen atoms in total. The van der Waals surface area contributed by atoms with Gasteiger partial charge in [-0.15, -0.1) is 6.58 Å². The summed E-state index contributed by atoms with van der Waals surface area (Å²) >= 11 is 0. The molecule has 0 amide bonds. The maximum atomic E-state index is 14.5. The van der Waals surface area contributed by atoms with Gasteiger partial charge in [0.1, 0.15) is 11.6 Å². The van der Waals surface area contributed by atoms with Crippen LogP contribution in [-0.4, -0.2) is 33.3 Å². The van der Waals surface area contributed by atoms with Crippen molar-refractivity contribution < 1.29 is 8.78 Å². The molecule has 3 aromatic carbocycles. The van der Waals surface area contributed by atoms with Gasteiger partial charge < -0.3 is 0 Å². The number of aryl methyl sites for hydroxylation is 1. The van der Waals surface area contributed by atoms with Crippen LogP contribution in [0.3, 0.4) is 0 Å². The van der Waals surface area contributed by atoms with E-state index in [9.17, 15) is 8.78 Å². The van der Waals surface area contributed by atoms with E-state index in [0.717, 1.165) is 60.5 Å². The number of likely N-dealkylation sites (tertiary alicyclic amines) is 1. The summed E-state index contributed by atoms with van der Waals surface area (Å²) in [7, 11) is 0. The Bertz CT molecular complexity index is 1460. The number of para-hydroxylation sites is 2. The van der Waals surface area contributed by atoms with Crippen molar-refractivity contribution >= 4 is 16.7 Å². The van der Waals surface area contributed by atoms with E-state index in [0.29, 0.717) is 5.56 Å². The first-order valence-electron chi connectivity index (χ1n) is 13.5. The number of rotatable bonds is 6. The number of nitrogens with zero attached hydrogens (tertiary/aromatic N) is 3. The molecule has 6 heteroatoms. The van der Waals surface area contributed by atoms with Crippen LogP contribution in [0.5, 0.6) is 0 Å². The zero-order valence-corrected chi connectivity index (χ0v) is 23.3. The SMILES string of the molecule is C=C(C)C.Cc1cc(CN2CCC(c3nc4ccccc4n3C(C)F)CC2)ccc1C(=N)c1ccccc1F. The molecule has 1 atom stereocenters. The topological polar surface area (TPSA) is 44.9 Å². The van der Waals surface area contributed by atoms with Crippen LogP contribution in [0.1, 0.15) is 73.9 Å². The van der Waals surface area contributed by atoms with Crippen molar-refractivity contribution in [2.75, 3.05) is 13.1 Å². The Morgan fingerprint density at radius 2 is 1.67 bits per heavy atom. The fraction of sp³-hybridized carbons (Fsp3) is 0.333. The molecular formula is C33H38F2N4. The van der Waals surface area contributed by atoms with Crippen LogP contribution in [-0.2, 0) is 6.54 Å². The van der Waals surface area contributed by atoms with Crippen molar-refractivity contribution in [3.05, 3.63) is 113 Å². The van der Waals surface area contributed by atoms with Gasteiger partial charge in [-0.05, 0) is 89.0 Å². The zero-order valence-electron chi connectivity index (χ0n) is 23.3. The van der Waals surface area contributed by atoms with Crippen LogP contribution < -0.4 is 0 Å². The minimum Gasteiger partial charge on any atom is -0.300 e. The number of imidazole rings is 1. The molecule has 0 spiro atoms. The first-order chi connectivity index (χ1) is 18.7. The molecule has 5 rings (SSSR count). The van der Waals surface area contributed by atoms with Crippen molar-refractivity contribution in [3.63, 3.8) is 0 Å². The number of halogens is 2. The van der Waals surface area contributed by atoms with Crippen LogP contribution in [0.25, 0.3) is 11.0 Å². The highest BCUT2D eigenvalue weighted by molar-refractivity contribution is 6.11. The Hall–Kier alpha value is -3.64. The third-order valence-electron chi connectivity index (χ3n) is 7.04. The van der Waals surface area contributed by atoms with E-state index >= 15 is 0 Å². The van der Waals surface area contributed by atoms with E-state index in [-0.39, 0.29) is 17.4 Å². The van der Waals surface area contributed by atoms with Crippen molar-refractivity contribution in [3.8, 4) is 0 Å². The second-order valence-corrected chi connectivity index (χ2v) is 10.7. The molecule has 1 N–H and O–H groups in total. The molecule has 39 heavy (non-hydrogen) atoms. The summed E-state index contributed by atoms with van der Waals surface area (Å²) in [6, 6.07) is 20.3. The summed E-state index contributed by atoms with van der Waals surface area (Å²) < 4.78 is 30.4. The summed E-state index contributed by atoms with van der Waals surface area (Å²) in [6.45, 7) is 13.7. The van der Waals surface area contributed by atoms with Gasteiger partial charge in [-0.25, -0.2) is 13.8 Å². The molecular weight excluding hydrogens is 490 g/mol. The lowest BCUT2D eigenvalue weighted by atomic mass is 9.94. The van der Waals surface area contributed by atoms with E-state index in [1.165, 1.54) is 17.2 Å². The molecule has 4 aromatic rings. The second-order valence-electron chi connectivity index (χ2n) is 10.7. The standard InChI is InChI=1S/C29H30F2N4.C4H8/c1-19-17-21(11-12-23(19)28(32)24-7-3-4-8-25(24)31)18-34-15-13-22(14-16-34)29-33-26-9-5-6-10-27(26)35(29)20(2)30;1-4(2)3/h3-12,17,20,22,32H,13-16,18H2,1-2H3;1H2,2-3H3. The maximum absolute atomic E-state index is 14.5. The Labute approximate surface area is 230 Å². The lowest BCUT2D eigenvalue weighted by molar-refractivity contribution is 0.193. The molecule has 2 heterocycles. The minimum atomic E-state index is -1.11. The first-order valence-corrected chi connectivity index (χ1v) is 13.5. The van der Waals surface area contributed by atoms with E-state index in [1.54, 1.807) is 29.7 Å². The van der Waals surface area contributed by atoms with Crippen LogP contribution in [0, 0.1) is 18.2 Å². The maximum Gasteiger partial charge on any atom is 0.174 e. The monoisotopic (exact) mass is 528 g/mol. The number of aromatic nitrogens is 2. The second kappa shape index (κ2) is 12.5. The summed E-state index contributed by atoms with van der Waals surface area (Å²) in [5.41, 5.74) is 6.29. The minimum absolute atomic E-state index is 0.206. The number of nitrogens with one attached hydrogen (secondary N) is 1. The summed E-state index contributed by atoms with van der Waals surface area (Å²) in [5.74, 6) is 0.717. The molecule has 0 aliphatic carbocycles. The van der Waals surface area contributed by atoms with Gasteiger partial charge in [0.05, 0.1) is 16.7 Å². The van der Waals surface area contributed by atoms with E-state index in [4.69, 9.17) is 10.4 Å². The number of benzene rings is 3. The van der Waals surface area contributed by atoms with Gasteiger partial charge in [0.15, 0.2) is 6.30 Å². The molecule has 1 saturated heterocycles. The van der Waals surface area contributed by atoms with Gasteiger partial charge in [-0.2, -0.15) is 0 Å². The third-order valence-corrected chi connectivity index (χ3v) is 7.04. The van der Waals surface area contributed by atoms with Crippen LogP contribution in [0.2, 0.25) is 0 Å². The van der Waals surface area contributed by atoms with E-state index in [2.05, 4.69) is 17.5 Å². The zero-order chi connectivity index (χ0) is 28.1. The summed E-state index contributed by atoms with van der Waals surface area (Å²) in [6.07, 6.45) is 0.760. The van der Waals surface area contributed by atoms with Gasteiger partial charge in [0.2, 0.25) is 0 Å². The molecule has 0 bridgehead atoms. The molecule has 1 aromatic heterocycles. The fourth-order valence-electron chi connectivity index (χ4n) is 5.25. The number of hydrogen-bond acceptors (Lipinski definition) is 3. The number of piperidine rings is 1. The Morgan fingerprint density at radius 3 is 2.31 bits per heavy atom. The fourth-order valence-corrected chi connectivity index (χ4v) is 5.25.